The molecule has 0 aliphatic carbocycles. The minimum atomic E-state index is -1.01. The first-order valence-corrected chi connectivity index (χ1v) is 11.6. The van der Waals surface area contributed by atoms with Gasteiger partial charge in [-0.2, -0.15) is 0 Å². The lowest BCUT2D eigenvalue weighted by atomic mass is 10.0. The van der Waals surface area contributed by atoms with Gasteiger partial charge in [0.05, 0.1) is 12.0 Å². The lowest BCUT2D eigenvalue weighted by molar-refractivity contribution is -0.384. The van der Waals surface area contributed by atoms with Crippen molar-refractivity contribution >= 4 is 34.8 Å². The Morgan fingerprint density at radius 3 is 2.43 bits per heavy atom. The van der Waals surface area contributed by atoms with Crippen LogP contribution in [0, 0.1) is 10.1 Å². The maximum Gasteiger partial charge on any atom is 0.316 e. The van der Waals surface area contributed by atoms with Gasteiger partial charge in [-0.05, 0) is 47.9 Å². The molecule has 10 nitrogen and oxygen atoms in total. The van der Waals surface area contributed by atoms with Gasteiger partial charge >= 0.3 is 11.8 Å². The summed E-state index contributed by atoms with van der Waals surface area (Å²) in [5, 5.41) is 13.7. The standard InChI is InChI=1S/C27H26N4O6/c1-29(20-8-11-22(37-2)12-9-20)26(33)23(16-18-6-4-3-5-7-18)28-25(32)27(34)30-15-14-19-17-21(31(35)36)10-13-24(19)30/h3-13,17,23H,14-16H2,1-2H3,(H,28,32)/t23-/m0/s1. The summed E-state index contributed by atoms with van der Waals surface area (Å²) in [5.41, 5.74) is 2.40. The minimum Gasteiger partial charge on any atom is -0.497 e. The zero-order chi connectivity index (χ0) is 26.5. The maximum atomic E-state index is 13.5. The number of carbonyl (C=O) groups excluding carboxylic acids is 3. The molecule has 0 unspecified atom stereocenters. The second-order valence-corrected chi connectivity index (χ2v) is 8.59. The molecule has 3 amide bonds. The molecule has 190 valence electrons. The van der Waals surface area contributed by atoms with E-state index < -0.39 is 28.7 Å². The molecule has 0 spiro atoms. The fourth-order valence-corrected chi connectivity index (χ4v) is 4.27. The van der Waals surface area contributed by atoms with Crippen LogP contribution >= 0.6 is 0 Å². The van der Waals surface area contributed by atoms with Crippen LogP contribution in [0.3, 0.4) is 0 Å². The van der Waals surface area contributed by atoms with Crippen LogP contribution in [0.25, 0.3) is 0 Å². The van der Waals surface area contributed by atoms with E-state index in [9.17, 15) is 24.5 Å². The lowest BCUT2D eigenvalue weighted by Crippen LogP contribution is -2.53. The Hall–Kier alpha value is -4.73. The molecule has 3 aromatic carbocycles. The van der Waals surface area contributed by atoms with E-state index in [1.807, 2.05) is 30.3 Å². The molecule has 4 rings (SSSR count). The fourth-order valence-electron chi connectivity index (χ4n) is 4.27. The van der Waals surface area contributed by atoms with E-state index in [1.165, 1.54) is 28.0 Å². The molecule has 1 N–H and O–H groups in total. The van der Waals surface area contributed by atoms with E-state index >= 15 is 0 Å². The SMILES string of the molecule is COc1ccc(N(C)C(=O)[C@H](Cc2ccccc2)NC(=O)C(=O)N2CCc3cc([N+](=O)[O-])ccc32)cc1. The van der Waals surface area contributed by atoms with Crippen molar-refractivity contribution in [3.8, 4) is 5.75 Å². The molecule has 1 aliphatic rings. The monoisotopic (exact) mass is 502 g/mol. The van der Waals surface area contributed by atoms with Crippen molar-refractivity contribution in [1.82, 2.24) is 5.32 Å². The Morgan fingerprint density at radius 2 is 1.78 bits per heavy atom. The third-order valence-electron chi connectivity index (χ3n) is 6.29. The highest BCUT2D eigenvalue weighted by atomic mass is 16.6. The summed E-state index contributed by atoms with van der Waals surface area (Å²) in [4.78, 5) is 52.9. The van der Waals surface area contributed by atoms with Crippen molar-refractivity contribution in [2.75, 3.05) is 30.5 Å². The molecule has 0 saturated heterocycles. The number of nitro benzene ring substituents is 1. The number of hydrogen-bond acceptors (Lipinski definition) is 6. The average Bonchev–Trinajstić information content (AvgIpc) is 3.35. The van der Waals surface area contributed by atoms with Crippen molar-refractivity contribution in [2.45, 2.75) is 18.9 Å². The highest BCUT2D eigenvalue weighted by Gasteiger charge is 2.33. The number of ether oxygens (including phenoxy) is 1. The number of nitrogens with zero attached hydrogens (tertiary/aromatic N) is 3. The van der Waals surface area contributed by atoms with E-state index in [0.29, 0.717) is 29.1 Å². The number of nitrogens with one attached hydrogen (secondary N) is 1. The predicted molar refractivity (Wildman–Crippen MR) is 138 cm³/mol. The van der Waals surface area contributed by atoms with Crippen LogP contribution in [-0.2, 0) is 27.2 Å². The number of methoxy groups -OCH3 is 1. The van der Waals surface area contributed by atoms with Crippen molar-refractivity contribution in [3.63, 3.8) is 0 Å². The highest BCUT2D eigenvalue weighted by Crippen LogP contribution is 2.31. The quantitative estimate of drug-likeness (QED) is 0.301. The van der Waals surface area contributed by atoms with Gasteiger partial charge in [-0.15, -0.1) is 0 Å². The predicted octanol–water partition coefficient (Wildman–Crippen LogP) is 2.88. The van der Waals surface area contributed by atoms with Crippen LogP contribution in [0.5, 0.6) is 5.75 Å². The number of amides is 3. The second kappa shape index (κ2) is 10.9. The molecule has 1 atom stereocenters. The van der Waals surface area contributed by atoms with Gasteiger partial charge in [0, 0.05) is 43.5 Å². The van der Waals surface area contributed by atoms with E-state index in [-0.39, 0.29) is 18.7 Å². The Kier molecular flexibility index (Phi) is 7.47. The van der Waals surface area contributed by atoms with Gasteiger partial charge in [0.2, 0.25) is 5.91 Å². The smallest absolute Gasteiger partial charge is 0.316 e. The van der Waals surface area contributed by atoms with Crippen molar-refractivity contribution in [1.29, 1.82) is 0 Å². The van der Waals surface area contributed by atoms with E-state index in [2.05, 4.69) is 5.32 Å². The van der Waals surface area contributed by atoms with E-state index in [4.69, 9.17) is 4.74 Å². The Bertz CT molecular complexity index is 1330. The molecule has 0 aromatic heterocycles. The Balaban J connectivity index is 1.54. The third kappa shape index (κ3) is 5.58. The molecule has 3 aromatic rings. The third-order valence-corrected chi connectivity index (χ3v) is 6.29. The van der Waals surface area contributed by atoms with Gasteiger partial charge in [0.25, 0.3) is 5.69 Å². The van der Waals surface area contributed by atoms with Gasteiger partial charge in [-0.1, -0.05) is 30.3 Å². The molecule has 37 heavy (non-hydrogen) atoms. The Labute approximate surface area is 213 Å². The Morgan fingerprint density at radius 1 is 1.08 bits per heavy atom. The summed E-state index contributed by atoms with van der Waals surface area (Å²) < 4.78 is 5.17. The molecule has 10 heteroatoms. The van der Waals surface area contributed by atoms with Crippen LogP contribution in [0.2, 0.25) is 0 Å². The first-order chi connectivity index (χ1) is 17.8. The number of fused-ring (bicyclic) bond motifs is 1. The first-order valence-electron chi connectivity index (χ1n) is 11.6. The van der Waals surface area contributed by atoms with E-state index in [0.717, 1.165) is 5.56 Å². The van der Waals surface area contributed by atoms with Crippen LogP contribution in [0.4, 0.5) is 17.1 Å². The largest absolute Gasteiger partial charge is 0.497 e. The van der Waals surface area contributed by atoms with Crippen LogP contribution in [-0.4, -0.2) is 49.4 Å². The normalized spacial score (nSPS) is 12.9. The summed E-state index contributed by atoms with van der Waals surface area (Å²) in [7, 11) is 3.14. The number of carbonyl (C=O) groups is 3. The van der Waals surface area contributed by atoms with Crippen molar-refractivity contribution in [3.05, 3.63) is 94.0 Å². The number of nitro groups is 1. The van der Waals surface area contributed by atoms with Gasteiger partial charge in [-0.3, -0.25) is 24.5 Å². The zero-order valence-electron chi connectivity index (χ0n) is 20.4. The number of non-ortho nitro benzene ring substituents is 1. The summed E-state index contributed by atoms with van der Waals surface area (Å²) in [5.74, 6) is -1.51. The first kappa shape index (κ1) is 25.4. The average molecular weight is 503 g/mol. The fraction of sp³-hybridized carbons (Fsp3) is 0.222. The summed E-state index contributed by atoms with van der Waals surface area (Å²) in [6.45, 7) is 0.214. The molecule has 0 fully saturated rings. The highest BCUT2D eigenvalue weighted by molar-refractivity contribution is 6.41. The molecule has 1 heterocycles. The van der Waals surface area contributed by atoms with Gasteiger partial charge < -0.3 is 19.9 Å². The minimum absolute atomic E-state index is 0.0763. The number of benzene rings is 3. The topological polar surface area (TPSA) is 122 Å². The molecular weight excluding hydrogens is 476 g/mol. The molecule has 0 bridgehead atoms. The zero-order valence-corrected chi connectivity index (χ0v) is 20.4. The number of rotatable bonds is 7. The summed E-state index contributed by atoms with van der Waals surface area (Å²) in [6.07, 6.45) is 0.574. The molecule has 0 saturated carbocycles. The lowest BCUT2D eigenvalue weighted by Gasteiger charge is -2.26. The van der Waals surface area contributed by atoms with Gasteiger partial charge in [0.15, 0.2) is 0 Å². The molecular formula is C27H26N4O6. The van der Waals surface area contributed by atoms with Gasteiger partial charge in [0.1, 0.15) is 11.8 Å². The summed E-state index contributed by atoms with van der Waals surface area (Å²) >= 11 is 0. The second-order valence-electron chi connectivity index (χ2n) is 8.59. The van der Waals surface area contributed by atoms with Crippen LogP contribution < -0.4 is 19.9 Å². The molecule has 0 radical (unpaired) electrons. The maximum absolute atomic E-state index is 13.5. The van der Waals surface area contributed by atoms with Crippen LogP contribution in [0.1, 0.15) is 11.1 Å². The number of anilines is 2. The number of likely N-dealkylation sites (N-methyl/N-ethyl adjacent to an activating group) is 1. The van der Waals surface area contributed by atoms with Gasteiger partial charge in [-0.25, -0.2) is 0 Å². The summed E-state index contributed by atoms with van der Waals surface area (Å²) in [6, 6.07) is 19.3. The van der Waals surface area contributed by atoms with E-state index in [1.54, 1.807) is 38.4 Å². The van der Waals surface area contributed by atoms with Crippen molar-refractivity contribution < 1.29 is 24.0 Å². The van der Waals surface area contributed by atoms with Crippen LogP contribution in [0.15, 0.2) is 72.8 Å². The number of hydrogen-bond donors (Lipinski definition) is 1. The van der Waals surface area contributed by atoms with Crippen molar-refractivity contribution in [2.24, 2.45) is 0 Å². The molecule has 1 aliphatic heterocycles.